The summed E-state index contributed by atoms with van der Waals surface area (Å²) < 4.78 is 25.4. The Morgan fingerprint density at radius 2 is 0.700 bits per heavy atom. The van der Waals surface area contributed by atoms with Crippen molar-refractivity contribution in [1.29, 1.82) is 0 Å². The monoisotopic (exact) mass is 1080 g/mol. The molecule has 0 unspecified atom stereocenters. The lowest BCUT2D eigenvalue weighted by molar-refractivity contribution is -0.226. The van der Waals surface area contributed by atoms with Gasteiger partial charge >= 0.3 is 0 Å². The SMILES string of the molecule is CCCCCCc1c2[nH]c(c1C)C(c1ccc(C3OCC(C)(C)CO3)cc1)=c1[nH]c(c(CCCCCC)c1C)=Cc1[nH]c(c(C)c1CCCCCC)C(c1ccc(C3OCC(C)(C)CO3)cc1)=c1[nH]c(c(CCCCCC)c1C)=C2. The molecule has 0 atom stereocenters. The number of H-pyrrole nitrogens is 4. The summed E-state index contributed by atoms with van der Waals surface area (Å²) in [6.07, 6.45) is 27.5. The van der Waals surface area contributed by atoms with Gasteiger partial charge in [-0.05, 0) is 147 Å². The van der Waals surface area contributed by atoms with Crippen LogP contribution in [0.25, 0.3) is 23.3 Å². The number of rotatable bonds is 24. The van der Waals surface area contributed by atoms with Gasteiger partial charge in [0.15, 0.2) is 12.6 Å². The van der Waals surface area contributed by atoms with Gasteiger partial charge in [-0.2, -0.15) is 0 Å². The standard InChI is InChI=1S/C72H100N4O4/c1-13-17-21-25-29-55-47(5)65-63(51-33-37-53(38-34-51)69-77-43-71(9,10)44-78-69)66-49(7)57(31-27-23-19-15-3)61(75-66)42-62-58(32-28-24-20-16-4)50(8)68(76-62)64(52-35-39-54(40-36-52)70-79-45-72(11,12)46-80-70)67-48(6)56(30-26-22-18-14-2)60(74-67)41-59(55)73-65/h33-42,69-70,73-76H,13-32,43-46H2,1-12H3. The molecule has 3 aliphatic rings. The minimum absolute atomic E-state index is 0.00397. The van der Waals surface area contributed by atoms with Gasteiger partial charge in [-0.25, -0.2) is 0 Å². The Bertz CT molecular complexity index is 3040. The quantitative estimate of drug-likeness (QED) is 0.0453. The highest BCUT2D eigenvalue weighted by molar-refractivity contribution is 5.83. The van der Waals surface area contributed by atoms with E-state index in [2.05, 4.69) is 164 Å². The first-order valence-corrected chi connectivity index (χ1v) is 31.6. The smallest absolute Gasteiger partial charge is 0.183 e. The molecule has 432 valence electrons. The van der Waals surface area contributed by atoms with E-state index in [4.69, 9.17) is 18.9 Å². The molecule has 4 N–H and O–H groups in total. The lowest BCUT2D eigenvalue weighted by Gasteiger charge is -2.34. The van der Waals surface area contributed by atoms with Crippen LogP contribution in [0.15, 0.2) is 48.5 Å². The van der Waals surface area contributed by atoms with Gasteiger partial charge in [0, 0.05) is 55.2 Å². The number of aromatic amines is 4. The molecule has 8 heteroatoms. The Hall–Kier alpha value is -5.12. The topological polar surface area (TPSA) is 100 Å². The van der Waals surface area contributed by atoms with Crippen molar-refractivity contribution in [2.24, 2.45) is 10.8 Å². The molecule has 4 aromatic heterocycles. The first kappa shape index (κ1) is 59.5. The molecule has 3 aliphatic heterocycles. The molecule has 9 rings (SSSR count). The van der Waals surface area contributed by atoms with Crippen molar-refractivity contribution < 1.29 is 18.9 Å². The molecule has 2 saturated heterocycles. The molecule has 2 aromatic carbocycles. The minimum Gasteiger partial charge on any atom is -0.354 e. The van der Waals surface area contributed by atoms with Crippen LogP contribution >= 0.6 is 0 Å². The van der Waals surface area contributed by atoms with Crippen molar-refractivity contribution in [3.8, 4) is 0 Å². The number of nitrogens with one attached hydrogen (secondary N) is 4. The fraction of sp³-hybridized carbons (Fsp3) is 0.556. The average molecular weight is 1090 g/mol. The Labute approximate surface area is 480 Å². The summed E-state index contributed by atoms with van der Waals surface area (Å²) in [6.45, 7) is 30.3. The van der Waals surface area contributed by atoms with Gasteiger partial charge in [0.1, 0.15) is 0 Å². The second kappa shape index (κ2) is 26.9. The summed E-state index contributed by atoms with van der Waals surface area (Å²) >= 11 is 0. The van der Waals surface area contributed by atoms with E-state index in [0.717, 1.165) is 62.5 Å². The van der Waals surface area contributed by atoms with Crippen LogP contribution in [0, 0.1) is 38.5 Å². The van der Waals surface area contributed by atoms with E-state index < -0.39 is 0 Å². The number of fused-ring (bicyclic) bond motifs is 8. The molecule has 0 spiro atoms. The molecule has 0 amide bonds. The lowest BCUT2D eigenvalue weighted by atomic mass is 9.93. The van der Waals surface area contributed by atoms with Gasteiger partial charge in [-0.15, -0.1) is 0 Å². The third-order valence-corrected chi connectivity index (χ3v) is 17.8. The summed E-state index contributed by atoms with van der Waals surface area (Å²) in [4.78, 5) is 17.0. The van der Waals surface area contributed by atoms with Crippen LogP contribution in [0.2, 0.25) is 0 Å². The predicted octanol–water partition coefficient (Wildman–Crippen LogP) is 15.3. The van der Waals surface area contributed by atoms with Gasteiger partial charge in [0.2, 0.25) is 0 Å². The normalized spacial score (nSPS) is 16.6. The zero-order valence-electron chi connectivity index (χ0n) is 51.5. The number of ether oxygens (including phenoxy) is 4. The second-order valence-electron chi connectivity index (χ2n) is 25.8. The van der Waals surface area contributed by atoms with Crippen LogP contribution < -0.4 is 21.4 Å². The van der Waals surface area contributed by atoms with Crippen LogP contribution in [0.4, 0.5) is 0 Å². The molecule has 8 bridgehead atoms. The summed E-state index contributed by atoms with van der Waals surface area (Å²) in [5.41, 5.74) is 22.6. The van der Waals surface area contributed by atoms with Crippen molar-refractivity contribution in [1.82, 2.24) is 19.9 Å². The maximum Gasteiger partial charge on any atom is 0.183 e. The average Bonchev–Trinajstić information content (AvgIpc) is 4.13. The fourth-order valence-electron chi connectivity index (χ4n) is 12.8. The summed E-state index contributed by atoms with van der Waals surface area (Å²) in [5, 5.41) is 4.78. The van der Waals surface area contributed by atoms with E-state index in [1.54, 1.807) is 0 Å². The Kier molecular flexibility index (Phi) is 20.0. The van der Waals surface area contributed by atoms with Gasteiger partial charge in [-0.3, -0.25) is 0 Å². The molecule has 8 nitrogen and oxygen atoms in total. The molecule has 7 heterocycles. The van der Waals surface area contributed by atoms with Crippen molar-refractivity contribution in [3.05, 3.63) is 159 Å². The van der Waals surface area contributed by atoms with E-state index in [-0.39, 0.29) is 23.4 Å². The summed E-state index contributed by atoms with van der Waals surface area (Å²) in [7, 11) is 0. The van der Waals surface area contributed by atoms with Crippen LogP contribution in [-0.4, -0.2) is 46.4 Å². The molecule has 0 saturated carbocycles. The molecular weight excluding hydrogens is 985 g/mol. The first-order valence-electron chi connectivity index (χ1n) is 31.6. The van der Waals surface area contributed by atoms with Crippen LogP contribution in [-0.2, 0) is 44.6 Å². The summed E-state index contributed by atoms with van der Waals surface area (Å²) in [6, 6.07) is 18.2. The zero-order valence-corrected chi connectivity index (χ0v) is 51.5. The number of benzene rings is 2. The van der Waals surface area contributed by atoms with Gasteiger partial charge in [0.05, 0.1) is 48.5 Å². The number of aromatic nitrogens is 4. The zero-order chi connectivity index (χ0) is 56.6. The first-order chi connectivity index (χ1) is 38.6. The number of unbranched alkanes of at least 4 members (excludes halogenated alkanes) is 12. The lowest BCUT2D eigenvalue weighted by Crippen LogP contribution is -2.33. The molecule has 6 aromatic rings. The highest BCUT2D eigenvalue weighted by Gasteiger charge is 2.32. The van der Waals surface area contributed by atoms with E-state index in [9.17, 15) is 0 Å². The Morgan fingerprint density at radius 3 is 1.01 bits per heavy atom. The van der Waals surface area contributed by atoms with E-state index in [1.165, 1.54) is 188 Å². The second-order valence-corrected chi connectivity index (χ2v) is 25.8. The number of hydrogen-bond acceptors (Lipinski definition) is 4. The van der Waals surface area contributed by atoms with E-state index >= 15 is 0 Å². The third-order valence-electron chi connectivity index (χ3n) is 17.8. The maximum absolute atomic E-state index is 6.35. The van der Waals surface area contributed by atoms with Crippen LogP contribution in [0.3, 0.4) is 0 Å². The van der Waals surface area contributed by atoms with Crippen molar-refractivity contribution in [2.75, 3.05) is 26.4 Å². The van der Waals surface area contributed by atoms with Gasteiger partial charge < -0.3 is 38.9 Å². The minimum atomic E-state index is -0.378. The predicted molar refractivity (Wildman–Crippen MR) is 332 cm³/mol. The van der Waals surface area contributed by atoms with Crippen LogP contribution in [0.1, 0.15) is 260 Å². The molecule has 80 heavy (non-hydrogen) atoms. The highest BCUT2D eigenvalue weighted by Crippen LogP contribution is 2.37. The van der Waals surface area contributed by atoms with Gasteiger partial charge in [0.25, 0.3) is 0 Å². The largest absolute Gasteiger partial charge is 0.354 e. The maximum atomic E-state index is 6.35. The summed E-state index contributed by atoms with van der Waals surface area (Å²) in [5.74, 6) is 0. The van der Waals surface area contributed by atoms with Crippen molar-refractivity contribution in [3.63, 3.8) is 0 Å². The molecule has 0 radical (unpaired) electrons. The highest BCUT2D eigenvalue weighted by atomic mass is 16.7. The van der Waals surface area contributed by atoms with Gasteiger partial charge in [-0.1, -0.05) is 181 Å². The fourth-order valence-corrected chi connectivity index (χ4v) is 12.8. The van der Waals surface area contributed by atoms with Crippen molar-refractivity contribution >= 4 is 23.3 Å². The Morgan fingerprint density at radius 1 is 0.388 bits per heavy atom. The Balaban J connectivity index is 1.36. The molecule has 0 aliphatic carbocycles. The van der Waals surface area contributed by atoms with E-state index in [0.29, 0.717) is 26.4 Å². The number of hydrogen-bond donors (Lipinski definition) is 4. The van der Waals surface area contributed by atoms with E-state index in [1.807, 2.05) is 0 Å². The third kappa shape index (κ3) is 13.5. The molecule has 2 fully saturated rings. The molecular formula is C72H100N4O4. The van der Waals surface area contributed by atoms with Crippen molar-refractivity contribution in [2.45, 2.75) is 224 Å². The van der Waals surface area contributed by atoms with Crippen LogP contribution in [0.5, 0.6) is 0 Å².